The van der Waals surface area contributed by atoms with E-state index in [0.29, 0.717) is 12.0 Å². The van der Waals surface area contributed by atoms with E-state index in [4.69, 9.17) is 0 Å². The van der Waals surface area contributed by atoms with Crippen molar-refractivity contribution < 1.29 is 28.5 Å². The Hall–Kier alpha value is -3.33. The fourth-order valence-electron chi connectivity index (χ4n) is 6.78. The number of rotatable bonds is 25. The lowest BCUT2D eigenvalue weighted by atomic mass is 9.78. The first-order chi connectivity index (χ1) is 24.5. The molecule has 3 rings (SSSR count). The molecule has 0 aliphatic heterocycles. The zero-order valence-corrected chi connectivity index (χ0v) is 32.6. The number of anilines is 1. The summed E-state index contributed by atoms with van der Waals surface area (Å²) in [5.74, 6) is -1.38. The van der Waals surface area contributed by atoms with Crippen LogP contribution in [0.4, 0.5) is 5.69 Å². The van der Waals surface area contributed by atoms with E-state index in [1.54, 1.807) is 19.1 Å². The molecule has 0 heterocycles. The summed E-state index contributed by atoms with van der Waals surface area (Å²) in [6.07, 6.45) is 26.3. The molecule has 1 aromatic rings. The first-order valence-electron chi connectivity index (χ1n) is 19.7. The van der Waals surface area contributed by atoms with Crippen LogP contribution in [0.15, 0.2) is 56.9 Å². The van der Waals surface area contributed by atoms with Gasteiger partial charge < -0.3 is 20.6 Å². The molecule has 0 atom stereocenters. The van der Waals surface area contributed by atoms with Crippen LogP contribution in [0.3, 0.4) is 0 Å². The molecule has 284 valence electrons. The number of nitrogens with one attached hydrogen (secondary N) is 1. The summed E-state index contributed by atoms with van der Waals surface area (Å²) in [4.78, 5) is 13.3. The van der Waals surface area contributed by atoms with Gasteiger partial charge in [-0.25, -0.2) is 8.42 Å². The minimum Gasteiger partial charge on any atom is -0.507 e. The minimum atomic E-state index is -3.75. The van der Waals surface area contributed by atoms with Gasteiger partial charge in [-0.15, -0.1) is 0 Å². The fourth-order valence-corrected chi connectivity index (χ4v) is 7.93. The molecule has 0 saturated carbocycles. The maximum absolute atomic E-state index is 13.3. The van der Waals surface area contributed by atoms with Crippen molar-refractivity contribution in [3.63, 3.8) is 0 Å². The Morgan fingerprint density at radius 1 is 0.667 bits per heavy atom. The Morgan fingerprint density at radius 2 is 1.18 bits per heavy atom. The van der Waals surface area contributed by atoms with Crippen LogP contribution < -0.4 is 5.32 Å². The third-order valence-electron chi connectivity index (χ3n) is 9.96. The average molecular weight is 725 g/mol. The van der Waals surface area contributed by atoms with Crippen molar-refractivity contribution in [1.29, 1.82) is 0 Å². The van der Waals surface area contributed by atoms with Gasteiger partial charge in [-0.05, 0) is 50.0 Å². The molecule has 0 radical (unpaired) electrons. The molecule has 0 bridgehead atoms. The Morgan fingerprint density at radius 3 is 1.71 bits per heavy atom. The number of hydrogen-bond donors (Lipinski definition) is 4. The lowest BCUT2D eigenvalue weighted by molar-refractivity contribution is -0.111. The lowest BCUT2D eigenvalue weighted by Gasteiger charge is -2.26. The monoisotopic (exact) mass is 724 g/mol. The predicted octanol–water partition coefficient (Wildman–Crippen LogP) is 11.3. The summed E-state index contributed by atoms with van der Waals surface area (Å²) < 4.78 is 29.5. The van der Waals surface area contributed by atoms with Crippen LogP contribution in [0.25, 0.3) is 5.57 Å². The zero-order valence-electron chi connectivity index (χ0n) is 31.8. The van der Waals surface area contributed by atoms with Gasteiger partial charge in [-0.3, -0.25) is 4.79 Å². The first kappa shape index (κ1) is 42.1. The number of ketones is 1. The number of aliphatic hydroxyl groups is 2. The van der Waals surface area contributed by atoms with Crippen LogP contribution in [-0.4, -0.2) is 47.5 Å². The number of carbonyl (C=O) groups excluding carboxylic acids is 1. The summed E-state index contributed by atoms with van der Waals surface area (Å²) in [5.41, 5.74) is 2.39. The molecule has 4 N–H and O–H groups in total. The number of phenolic OH excluding ortho intramolecular Hbond substituents is 1. The number of nitrogens with zero attached hydrogens (tertiary/aromatic N) is 1. The number of sulfonamides is 1. The van der Waals surface area contributed by atoms with Crippen LogP contribution in [0, 0.1) is 6.92 Å². The summed E-state index contributed by atoms with van der Waals surface area (Å²) in [6.45, 7) is 8.77. The highest BCUT2D eigenvalue weighted by atomic mass is 32.2. The van der Waals surface area contributed by atoms with Gasteiger partial charge in [0.1, 0.15) is 17.3 Å². The highest BCUT2D eigenvalue weighted by Gasteiger charge is 2.39. The lowest BCUT2D eigenvalue weighted by Crippen LogP contribution is -2.24. The van der Waals surface area contributed by atoms with Gasteiger partial charge in [0, 0.05) is 35.5 Å². The van der Waals surface area contributed by atoms with Crippen LogP contribution in [0.1, 0.15) is 160 Å². The second-order valence-corrected chi connectivity index (χ2v) is 16.2. The molecule has 0 fully saturated rings. The standard InChI is InChI=1S/C42H64N2O6S/c1-5-7-9-11-13-15-17-19-21-23-25-43-35-29-37(45)33(27-31(35)3)39-41(47)40(42(39)48)34-28-32(4)36(30-38(34)46)44-51(49,50)26-24-22-20-18-16-14-12-10-8-6-2/h27-30,43,45-47H,5-26H2,1-4H3/b40-34-,44-36-. The molecule has 8 nitrogen and oxygen atoms in total. The van der Waals surface area contributed by atoms with E-state index < -0.39 is 15.8 Å². The molecule has 1 aromatic carbocycles. The number of hydrogen-bond acceptors (Lipinski definition) is 7. The number of benzene rings is 1. The van der Waals surface area contributed by atoms with E-state index in [-0.39, 0.29) is 51.0 Å². The number of allylic oxidation sites excluding steroid dienone is 5. The van der Waals surface area contributed by atoms with Crippen LogP contribution in [0.2, 0.25) is 0 Å². The van der Waals surface area contributed by atoms with Crippen LogP contribution >= 0.6 is 0 Å². The van der Waals surface area contributed by atoms with E-state index >= 15 is 0 Å². The van der Waals surface area contributed by atoms with E-state index in [1.807, 2.05) is 6.92 Å². The van der Waals surface area contributed by atoms with Crippen molar-refractivity contribution in [2.75, 3.05) is 17.6 Å². The molecule has 9 heteroatoms. The Kier molecular flexibility index (Phi) is 18.1. The SMILES string of the molecule is CCCCCCCCCCCCNc1cc(O)c(C2=C(O)/C(=C3C=C(C)/C(=N\S(=O)(=O)CCCCCCCCCCCC)C=C\3O)C2=O)cc1C. The summed E-state index contributed by atoms with van der Waals surface area (Å²) >= 11 is 0. The normalized spacial score (nSPS) is 17.2. The van der Waals surface area contributed by atoms with E-state index in [0.717, 1.165) is 49.9 Å². The largest absolute Gasteiger partial charge is 0.507 e. The highest BCUT2D eigenvalue weighted by molar-refractivity contribution is 7.90. The average Bonchev–Trinajstić information content (AvgIpc) is 3.08. The number of aryl methyl sites for hydroxylation is 1. The third-order valence-corrected chi connectivity index (χ3v) is 11.2. The van der Waals surface area contributed by atoms with Gasteiger partial charge in [-0.2, -0.15) is 4.40 Å². The number of phenols is 1. The van der Waals surface area contributed by atoms with Gasteiger partial charge in [-0.1, -0.05) is 129 Å². The molecule has 51 heavy (non-hydrogen) atoms. The molecule has 2 aliphatic carbocycles. The maximum Gasteiger partial charge on any atom is 0.253 e. The molecule has 0 spiro atoms. The summed E-state index contributed by atoms with van der Waals surface area (Å²) in [6, 6.07) is 3.27. The van der Waals surface area contributed by atoms with Crippen molar-refractivity contribution in [1.82, 2.24) is 0 Å². The zero-order chi connectivity index (χ0) is 37.2. The van der Waals surface area contributed by atoms with Gasteiger partial charge in [0.25, 0.3) is 10.0 Å². The van der Waals surface area contributed by atoms with Crippen molar-refractivity contribution >= 4 is 32.8 Å². The smallest absolute Gasteiger partial charge is 0.253 e. The number of unbranched alkanes of at least 4 members (excludes halogenated alkanes) is 18. The molecular formula is C42H64N2O6S. The predicted molar refractivity (Wildman–Crippen MR) is 212 cm³/mol. The van der Waals surface area contributed by atoms with E-state index in [9.17, 15) is 28.5 Å². The van der Waals surface area contributed by atoms with Gasteiger partial charge >= 0.3 is 0 Å². The van der Waals surface area contributed by atoms with E-state index in [2.05, 4.69) is 23.6 Å². The Labute approximate surface area is 308 Å². The van der Waals surface area contributed by atoms with Crippen molar-refractivity contribution in [3.05, 3.63) is 63.6 Å². The third kappa shape index (κ3) is 13.3. The molecular weight excluding hydrogens is 661 g/mol. The molecule has 2 aliphatic rings. The first-order valence-corrected chi connectivity index (χ1v) is 21.3. The number of carbonyl (C=O) groups is 1. The Balaban J connectivity index is 1.55. The second-order valence-electron chi connectivity index (χ2n) is 14.4. The van der Waals surface area contributed by atoms with Crippen molar-refractivity contribution in [3.8, 4) is 5.75 Å². The van der Waals surface area contributed by atoms with Crippen molar-refractivity contribution in [2.24, 2.45) is 4.40 Å². The maximum atomic E-state index is 13.3. The fraction of sp³-hybridized carbons (Fsp3) is 0.619. The number of aromatic hydroxyl groups is 1. The molecule has 0 saturated heterocycles. The topological polar surface area (TPSA) is 136 Å². The van der Waals surface area contributed by atoms with E-state index in [1.165, 1.54) is 102 Å². The summed E-state index contributed by atoms with van der Waals surface area (Å²) in [5, 5.41) is 36.1. The van der Waals surface area contributed by atoms with Crippen LogP contribution in [-0.2, 0) is 14.8 Å². The second kappa shape index (κ2) is 21.9. The Bertz CT molecular complexity index is 1580. The van der Waals surface area contributed by atoms with Gasteiger partial charge in [0.05, 0.1) is 22.6 Å². The quantitative estimate of drug-likeness (QED) is 0.0582. The molecule has 0 aromatic heterocycles. The van der Waals surface area contributed by atoms with Crippen molar-refractivity contribution in [2.45, 2.75) is 156 Å². The molecule has 0 unspecified atom stereocenters. The minimum absolute atomic E-state index is 0.0169. The molecule has 0 amide bonds. The number of aliphatic hydroxyl groups excluding tert-OH is 2. The number of Topliss-reactive ketones (excluding diaryl/α,β-unsaturated/α-hetero) is 1. The van der Waals surface area contributed by atoms with Gasteiger partial charge in [0.2, 0.25) is 5.78 Å². The van der Waals surface area contributed by atoms with Gasteiger partial charge in [0.15, 0.2) is 0 Å². The summed E-state index contributed by atoms with van der Waals surface area (Å²) in [7, 11) is -3.75. The van der Waals surface area contributed by atoms with Crippen LogP contribution in [0.5, 0.6) is 5.75 Å². The highest BCUT2D eigenvalue weighted by Crippen LogP contribution is 2.44.